The number of aromatic nitrogens is 2. The number of rotatable bonds is 6. The van der Waals surface area contributed by atoms with Gasteiger partial charge in [-0.2, -0.15) is 0 Å². The highest BCUT2D eigenvalue weighted by molar-refractivity contribution is 5.81. The largest absolute Gasteiger partial charge is 0.493 e. The van der Waals surface area contributed by atoms with E-state index in [1.54, 1.807) is 23.6 Å². The third-order valence-electron chi connectivity index (χ3n) is 3.94. The van der Waals surface area contributed by atoms with Crippen molar-refractivity contribution in [1.29, 1.82) is 0 Å². The predicted octanol–water partition coefficient (Wildman–Crippen LogP) is 2.98. The first-order valence-corrected chi connectivity index (χ1v) is 7.79. The molecule has 0 aliphatic heterocycles. The number of hydrogen-bond donors (Lipinski definition) is 0. The molecule has 0 aliphatic rings. The maximum absolute atomic E-state index is 11.5. The first kappa shape index (κ1) is 16.7. The van der Waals surface area contributed by atoms with Crippen LogP contribution in [0.2, 0.25) is 0 Å². The van der Waals surface area contributed by atoms with E-state index in [0.717, 1.165) is 10.9 Å². The number of fused-ring (bicyclic) bond motifs is 1. The number of imidazole rings is 1. The van der Waals surface area contributed by atoms with E-state index < -0.39 is 10.5 Å². The Labute approximate surface area is 142 Å². The molecule has 0 saturated carbocycles. The summed E-state index contributed by atoms with van der Waals surface area (Å²) in [6, 6.07) is 6.77. The van der Waals surface area contributed by atoms with Crippen molar-refractivity contribution in [2.75, 3.05) is 6.61 Å². The van der Waals surface area contributed by atoms with Gasteiger partial charge in [0.15, 0.2) is 5.82 Å². The van der Waals surface area contributed by atoms with Gasteiger partial charge in [-0.05, 0) is 29.5 Å². The lowest BCUT2D eigenvalue weighted by atomic mass is 10.1. The fourth-order valence-electron chi connectivity index (χ4n) is 2.69. The van der Waals surface area contributed by atoms with Crippen molar-refractivity contribution in [3.63, 3.8) is 0 Å². The average molecular weight is 343 g/mol. The fraction of sp³-hybridized carbons (Fsp3) is 0.294. The molecule has 0 spiro atoms. The summed E-state index contributed by atoms with van der Waals surface area (Å²) in [5.74, 6) is 1.15. The summed E-state index contributed by atoms with van der Waals surface area (Å²) in [7, 11) is 0. The first-order valence-electron chi connectivity index (χ1n) is 7.79. The Morgan fingerprint density at radius 1 is 1.32 bits per heavy atom. The van der Waals surface area contributed by atoms with E-state index in [0.29, 0.717) is 36.7 Å². The van der Waals surface area contributed by atoms with Gasteiger partial charge in [-0.15, -0.1) is 0 Å². The maximum Gasteiger partial charge on any atom is 0.342 e. The van der Waals surface area contributed by atoms with E-state index in [2.05, 4.69) is 4.98 Å². The number of nitro groups is 1. The van der Waals surface area contributed by atoms with Gasteiger partial charge in [0.05, 0.1) is 13.2 Å². The summed E-state index contributed by atoms with van der Waals surface area (Å²) in [5.41, 5.74) is 0.925. The first-order chi connectivity index (χ1) is 12.0. The minimum Gasteiger partial charge on any atom is -0.493 e. The van der Waals surface area contributed by atoms with Gasteiger partial charge in [0.2, 0.25) is 0 Å². The molecule has 0 unspecified atom stereocenters. The molecule has 2 aromatic heterocycles. The quantitative estimate of drug-likeness (QED) is 0.295. The van der Waals surface area contributed by atoms with Crippen LogP contribution in [0.15, 0.2) is 39.7 Å². The van der Waals surface area contributed by atoms with E-state index in [1.807, 2.05) is 13.0 Å². The summed E-state index contributed by atoms with van der Waals surface area (Å²) >= 11 is 0. The molecule has 0 amide bonds. The van der Waals surface area contributed by atoms with Crippen LogP contribution in [0, 0.1) is 24.0 Å². The standard InChI is InChI=1S/C17H17N3O5/c1-11-8-17(21)25-15-9-13(4-5-14(11)15)24-7-3-6-19-12(2)18-10-16(19)20(22)23/h4-5,8-10H,3,6-7H2,1-2H3. The number of hydrogen-bond acceptors (Lipinski definition) is 6. The van der Waals surface area contributed by atoms with Gasteiger partial charge in [0.1, 0.15) is 17.5 Å². The molecule has 8 nitrogen and oxygen atoms in total. The van der Waals surface area contributed by atoms with Crippen molar-refractivity contribution in [2.45, 2.75) is 26.8 Å². The minimum absolute atomic E-state index is 0.0274. The van der Waals surface area contributed by atoms with Crippen LogP contribution in [-0.2, 0) is 6.54 Å². The van der Waals surface area contributed by atoms with Crippen molar-refractivity contribution in [1.82, 2.24) is 9.55 Å². The number of ether oxygens (including phenoxy) is 1. The van der Waals surface area contributed by atoms with Crippen molar-refractivity contribution in [2.24, 2.45) is 0 Å². The number of nitrogens with zero attached hydrogens (tertiary/aromatic N) is 3. The highest BCUT2D eigenvalue weighted by atomic mass is 16.6. The molecule has 0 bridgehead atoms. The second-order valence-corrected chi connectivity index (χ2v) is 5.68. The molecule has 0 radical (unpaired) electrons. The SMILES string of the molecule is Cc1cc(=O)oc2cc(OCCCn3c([N+](=O)[O-])cnc3C)ccc12. The summed E-state index contributed by atoms with van der Waals surface area (Å²) < 4.78 is 12.4. The topological polar surface area (TPSA) is 100 Å². The molecule has 1 aromatic carbocycles. The predicted molar refractivity (Wildman–Crippen MR) is 91.0 cm³/mol. The fourth-order valence-corrected chi connectivity index (χ4v) is 2.69. The van der Waals surface area contributed by atoms with Crippen LogP contribution in [0.25, 0.3) is 11.0 Å². The Kier molecular flexibility index (Phi) is 4.51. The Morgan fingerprint density at radius 2 is 2.12 bits per heavy atom. The van der Waals surface area contributed by atoms with Crippen molar-refractivity contribution < 1.29 is 14.1 Å². The van der Waals surface area contributed by atoms with Gasteiger partial charge in [-0.3, -0.25) is 0 Å². The van der Waals surface area contributed by atoms with Crippen molar-refractivity contribution >= 4 is 16.8 Å². The van der Waals surface area contributed by atoms with Crippen molar-refractivity contribution in [3.8, 4) is 5.75 Å². The second kappa shape index (κ2) is 6.76. The van der Waals surface area contributed by atoms with Gasteiger partial charge in [0, 0.05) is 30.9 Å². The van der Waals surface area contributed by atoms with Crippen LogP contribution in [0.3, 0.4) is 0 Å². The molecule has 3 rings (SSSR count). The Balaban J connectivity index is 1.65. The third kappa shape index (κ3) is 3.52. The van der Waals surface area contributed by atoms with Crippen LogP contribution in [-0.4, -0.2) is 21.1 Å². The Hall–Kier alpha value is -3.16. The monoisotopic (exact) mass is 343 g/mol. The van der Waals surface area contributed by atoms with Crippen LogP contribution in [0.5, 0.6) is 5.75 Å². The molecule has 0 fully saturated rings. The molecule has 0 saturated heterocycles. The summed E-state index contributed by atoms with van der Waals surface area (Å²) in [6.07, 6.45) is 1.83. The van der Waals surface area contributed by atoms with E-state index in [-0.39, 0.29) is 5.82 Å². The van der Waals surface area contributed by atoms with Crippen LogP contribution < -0.4 is 10.4 Å². The Bertz CT molecular complexity index is 990. The lowest BCUT2D eigenvalue weighted by Gasteiger charge is -2.08. The molecule has 0 atom stereocenters. The average Bonchev–Trinajstić information content (AvgIpc) is 2.92. The smallest absolute Gasteiger partial charge is 0.342 e. The molecule has 3 aromatic rings. The molecular formula is C17H17N3O5. The van der Waals surface area contributed by atoms with Crippen LogP contribution >= 0.6 is 0 Å². The molecule has 130 valence electrons. The van der Waals surface area contributed by atoms with Gasteiger partial charge in [0.25, 0.3) is 0 Å². The second-order valence-electron chi connectivity index (χ2n) is 5.68. The zero-order chi connectivity index (χ0) is 18.0. The summed E-state index contributed by atoms with van der Waals surface area (Å²) in [5, 5.41) is 11.8. The van der Waals surface area contributed by atoms with Crippen LogP contribution in [0.1, 0.15) is 17.8 Å². The molecular weight excluding hydrogens is 326 g/mol. The molecule has 0 N–H and O–H groups in total. The maximum atomic E-state index is 11.5. The zero-order valence-corrected chi connectivity index (χ0v) is 13.9. The normalized spacial score (nSPS) is 11.0. The van der Waals surface area contributed by atoms with Gasteiger partial charge in [-0.25, -0.2) is 14.3 Å². The highest BCUT2D eigenvalue weighted by Crippen LogP contribution is 2.22. The Morgan fingerprint density at radius 3 is 2.88 bits per heavy atom. The number of benzene rings is 1. The van der Waals surface area contributed by atoms with E-state index in [1.165, 1.54) is 12.3 Å². The lowest BCUT2D eigenvalue weighted by molar-refractivity contribution is -0.392. The zero-order valence-electron chi connectivity index (χ0n) is 13.9. The van der Waals surface area contributed by atoms with Gasteiger partial charge >= 0.3 is 11.4 Å². The van der Waals surface area contributed by atoms with Crippen molar-refractivity contribution in [3.05, 3.63) is 62.4 Å². The van der Waals surface area contributed by atoms with E-state index in [4.69, 9.17) is 9.15 Å². The van der Waals surface area contributed by atoms with Gasteiger partial charge in [-0.1, -0.05) is 0 Å². The summed E-state index contributed by atoms with van der Waals surface area (Å²) in [6.45, 7) is 4.38. The van der Waals surface area contributed by atoms with E-state index in [9.17, 15) is 14.9 Å². The van der Waals surface area contributed by atoms with Crippen LogP contribution in [0.4, 0.5) is 5.82 Å². The lowest BCUT2D eigenvalue weighted by Crippen LogP contribution is -2.08. The molecule has 2 heterocycles. The molecule has 25 heavy (non-hydrogen) atoms. The molecule has 0 aliphatic carbocycles. The molecule has 8 heteroatoms. The van der Waals surface area contributed by atoms with Gasteiger partial charge < -0.3 is 19.3 Å². The highest BCUT2D eigenvalue weighted by Gasteiger charge is 2.16. The minimum atomic E-state index is -0.450. The third-order valence-corrected chi connectivity index (χ3v) is 3.94. The van der Waals surface area contributed by atoms with E-state index >= 15 is 0 Å². The summed E-state index contributed by atoms with van der Waals surface area (Å²) in [4.78, 5) is 25.9. The number of aryl methyl sites for hydroxylation is 2.